The van der Waals surface area contributed by atoms with Crippen molar-refractivity contribution in [3.05, 3.63) is 12.0 Å². The minimum atomic E-state index is -0.423. The normalized spacial score (nSPS) is 14.8. The first-order chi connectivity index (χ1) is 9.11. The molecular weight excluding hydrogens is 359 g/mol. The van der Waals surface area contributed by atoms with Crippen LogP contribution in [0.1, 0.15) is 26.1 Å². The van der Waals surface area contributed by atoms with Crippen LogP contribution in [0, 0.1) is 12.8 Å². The van der Waals surface area contributed by atoms with Crippen LogP contribution in [0.25, 0.3) is 0 Å². The van der Waals surface area contributed by atoms with Gasteiger partial charge in [0.2, 0.25) is 0 Å². The molecular formula is C12H17IN4O2. The third-order valence-corrected chi connectivity index (χ3v) is 4.96. The number of carbonyl (C=O) groups excluding carboxylic acids is 1. The molecule has 0 spiro atoms. The lowest BCUT2D eigenvalue weighted by molar-refractivity contribution is -0.147. The van der Waals surface area contributed by atoms with Crippen LogP contribution in [-0.4, -0.2) is 29.1 Å². The van der Waals surface area contributed by atoms with Crippen LogP contribution in [0.3, 0.4) is 0 Å². The molecule has 0 aromatic carbocycles. The molecule has 6 nitrogen and oxygen atoms in total. The number of nitrogens with zero attached hydrogens (tertiary/aromatic N) is 4. The van der Waals surface area contributed by atoms with Gasteiger partial charge in [-0.15, -0.1) is 0 Å². The lowest BCUT2D eigenvalue weighted by Gasteiger charge is -2.16. The van der Waals surface area contributed by atoms with Crippen molar-refractivity contribution in [2.45, 2.75) is 27.2 Å². The van der Waals surface area contributed by atoms with E-state index >= 15 is 0 Å². The molecule has 2 rings (SSSR count). The molecule has 19 heavy (non-hydrogen) atoms. The van der Waals surface area contributed by atoms with E-state index in [0.29, 0.717) is 6.61 Å². The third kappa shape index (κ3) is 3.46. The zero-order valence-corrected chi connectivity index (χ0v) is 13.4. The van der Waals surface area contributed by atoms with Crippen molar-refractivity contribution in [2.75, 3.05) is 16.3 Å². The number of anilines is 1. The summed E-state index contributed by atoms with van der Waals surface area (Å²) in [5, 5.41) is 0. The Morgan fingerprint density at radius 3 is 3.11 bits per heavy atom. The Morgan fingerprint density at radius 2 is 2.37 bits per heavy atom. The van der Waals surface area contributed by atoms with Gasteiger partial charge in [-0.05, 0) is 20.3 Å². The van der Waals surface area contributed by atoms with Crippen molar-refractivity contribution < 1.29 is 9.53 Å². The van der Waals surface area contributed by atoms with Crippen LogP contribution < -0.4 is 3.11 Å². The van der Waals surface area contributed by atoms with Crippen LogP contribution in [0.15, 0.2) is 9.34 Å². The first kappa shape index (κ1) is 14.3. The molecule has 0 amide bonds. The van der Waals surface area contributed by atoms with E-state index < -0.39 is 21.3 Å². The molecule has 1 atom stereocenters. The molecule has 1 aliphatic rings. The van der Waals surface area contributed by atoms with E-state index in [1.807, 2.05) is 20.8 Å². The minimum Gasteiger partial charge on any atom is -0.466 e. The standard InChI is InChI=1S/C12H17IN4O2/c1-4-19-12(18)8(2)5-6-17-11-10(16-13-17)7-14-9(3)15-11/h7-8H,4-6H2,1-3H3. The van der Waals surface area contributed by atoms with Gasteiger partial charge in [-0.2, -0.15) is 3.15 Å². The van der Waals surface area contributed by atoms with E-state index in [9.17, 15) is 4.79 Å². The molecule has 0 aliphatic carbocycles. The van der Waals surface area contributed by atoms with E-state index in [1.165, 1.54) is 0 Å². The maximum absolute atomic E-state index is 11.6. The molecule has 0 saturated carbocycles. The number of aromatic nitrogens is 2. The van der Waals surface area contributed by atoms with Crippen LogP contribution in [0.5, 0.6) is 0 Å². The zero-order chi connectivity index (χ0) is 13.8. The average molecular weight is 376 g/mol. The maximum atomic E-state index is 11.6. The average Bonchev–Trinajstić information content (AvgIpc) is 2.78. The fourth-order valence-corrected chi connectivity index (χ4v) is 3.55. The molecule has 104 valence electrons. The molecule has 1 aromatic rings. The van der Waals surface area contributed by atoms with Crippen molar-refractivity contribution in [1.29, 1.82) is 0 Å². The molecule has 0 fully saturated rings. The smallest absolute Gasteiger partial charge is 0.308 e. The number of fused-ring (bicyclic) bond motifs is 1. The summed E-state index contributed by atoms with van der Waals surface area (Å²) in [6.07, 6.45) is 2.53. The van der Waals surface area contributed by atoms with Crippen molar-refractivity contribution in [1.82, 2.24) is 9.97 Å². The summed E-state index contributed by atoms with van der Waals surface area (Å²) in [4.78, 5) is 20.1. The highest BCUT2D eigenvalue weighted by molar-refractivity contribution is 14.2. The Morgan fingerprint density at radius 1 is 1.58 bits per heavy atom. The minimum absolute atomic E-state index is 0.0871. The van der Waals surface area contributed by atoms with Gasteiger partial charge in [-0.25, -0.2) is 9.97 Å². The lowest BCUT2D eigenvalue weighted by Crippen LogP contribution is -2.21. The summed E-state index contributed by atoms with van der Waals surface area (Å²) in [5.74, 6) is 1.45. The van der Waals surface area contributed by atoms with Gasteiger partial charge < -0.3 is 4.74 Å². The summed E-state index contributed by atoms with van der Waals surface area (Å²) in [7, 11) is 0. The number of rotatable bonds is 5. The van der Waals surface area contributed by atoms with E-state index in [1.54, 1.807) is 6.20 Å². The Labute approximate surface area is 123 Å². The van der Waals surface area contributed by atoms with Crippen molar-refractivity contribution in [2.24, 2.45) is 9.06 Å². The number of ether oxygens (including phenoxy) is 1. The van der Waals surface area contributed by atoms with E-state index in [-0.39, 0.29) is 11.9 Å². The third-order valence-electron chi connectivity index (χ3n) is 2.77. The van der Waals surface area contributed by atoms with E-state index in [2.05, 4.69) is 16.2 Å². The molecule has 1 aromatic heterocycles. The highest BCUT2D eigenvalue weighted by Crippen LogP contribution is 2.40. The van der Waals surface area contributed by atoms with Crippen molar-refractivity contribution >= 4 is 38.8 Å². The van der Waals surface area contributed by atoms with Gasteiger partial charge >= 0.3 is 5.97 Å². The fourth-order valence-electron chi connectivity index (χ4n) is 1.67. The monoisotopic (exact) mass is 376 g/mol. The van der Waals surface area contributed by atoms with Gasteiger partial charge in [-0.1, -0.05) is 6.92 Å². The fraction of sp³-hybridized carbons (Fsp3) is 0.583. The summed E-state index contributed by atoms with van der Waals surface area (Å²) >= 11 is -0.423. The predicted octanol–water partition coefficient (Wildman–Crippen LogP) is 2.90. The lowest BCUT2D eigenvalue weighted by atomic mass is 10.1. The molecule has 0 bridgehead atoms. The summed E-state index contributed by atoms with van der Waals surface area (Å²) < 4.78 is 11.7. The molecule has 1 aliphatic heterocycles. The van der Waals surface area contributed by atoms with Gasteiger partial charge in [0, 0.05) is 6.54 Å². The molecule has 7 heteroatoms. The highest BCUT2D eigenvalue weighted by Gasteiger charge is 2.21. The van der Waals surface area contributed by atoms with Crippen LogP contribution in [-0.2, 0) is 9.53 Å². The van der Waals surface area contributed by atoms with E-state index in [0.717, 1.165) is 30.3 Å². The molecule has 1 unspecified atom stereocenters. The number of halogens is 1. The number of hydrogen-bond donors (Lipinski definition) is 0. The quantitative estimate of drug-likeness (QED) is 0.449. The van der Waals surface area contributed by atoms with Gasteiger partial charge in [0.1, 0.15) is 32.8 Å². The predicted molar refractivity (Wildman–Crippen MR) is 80.6 cm³/mol. The Balaban J connectivity index is 1.94. The first-order valence-corrected chi connectivity index (χ1v) is 8.18. The number of esters is 1. The Kier molecular flexibility index (Phi) is 4.78. The van der Waals surface area contributed by atoms with Crippen LogP contribution >= 0.6 is 21.3 Å². The SMILES string of the molecule is CCOC(=O)C(C)CCN1I=Nc2cnc(C)nc21. The van der Waals surface area contributed by atoms with Crippen LogP contribution in [0.4, 0.5) is 11.5 Å². The molecule has 0 radical (unpaired) electrons. The Hall–Kier alpha value is -1.12. The second kappa shape index (κ2) is 6.36. The summed E-state index contributed by atoms with van der Waals surface area (Å²) in [6, 6.07) is 0. The largest absolute Gasteiger partial charge is 0.466 e. The van der Waals surface area contributed by atoms with Crippen molar-refractivity contribution in [3.63, 3.8) is 0 Å². The second-order valence-corrected chi connectivity index (χ2v) is 6.39. The number of aryl methyl sites for hydroxylation is 1. The topological polar surface area (TPSA) is 67.7 Å². The maximum Gasteiger partial charge on any atom is 0.308 e. The van der Waals surface area contributed by atoms with Gasteiger partial charge in [0.05, 0.1) is 18.7 Å². The highest BCUT2D eigenvalue weighted by atomic mass is 127. The number of hydrogen-bond acceptors (Lipinski definition) is 6. The molecule has 0 N–H and O–H groups in total. The molecule has 2 heterocycles. The van der Waals surface area contributed by atoms with Gasteiger partial charge in [-0.3, -0.25) is 7.91 Å². The van der Waals surface area contributed by atoms with Gasteiger partial charge in [0.25, 0.3) is 0 Å². The number of carbonyl (C=O) groups is 1. The van der Waals surface area contributed by atoms with Crippen molar-refractivity contribution in [3.8, 4) is 0 Å². The molecule has 0 saturated heterocycles. The second-order valence-electron chi connectivity index (χ2n) is 4.31. The van der Waals surface area contributed by atoms with Gasteiger partial charge in [0.15, 0.2) is 5.82 Å². The zero-order valence-electron chi connectivity index (χ0n) is 11.3. The van der Waals surface area contributed by atoms with Crippen LogP contribution in [0.2, 0.25) is 0 Å². The summed E-state index contributed by atoms with van der Waals surface area (Å²) in [6.45, 7) is 6.82. The summed E-state index contributed by atoms with van der Waals surface area (Å²) in [5.41, 5.74) is 0.877. The van der Waals surface area contributed by atoms with E-state index in [4.69, 9.17) is 4.74 Å². The first-order valence-electron chi connectivity index (χ1n) is 6.25. The Bertz CT molecular complexity index is 507.